The molecule has 5 heteroatoms. The van der Waals surface area contributed by atoms with Crippen LogP contribution in [0, 0.1) is 0 Å². The third-order valence-corrected chi connectivity index (χ3v) is 5.51. The molecule has 3 aromatic carbocycles. The van der Waals surface area contributed by atoms with E-state index in [-0.39, 0.29) is 12.5 Å². The van der Waals surface area contributed by atoms with Gasteiger partial charge in [-0.3, -0.25) is 0 Å². The summed E-state index contributed by atoms with van der Waals surface area (Å²) in [6.45, 7) is 4.15. The molecule has 0 saturated heterocycles. The first-order chi connectivity index (χ1) is 14.2. The molecule has 4 nitrogen and oxygen atoms in total. The Bertz CT molecular complexity index is 990. The van der Waals surface area contributed by atoms with Crippen molar-refractivity contribution in [2.45, 2.75) is 12.0 Å². The van der Waals surface area contributed by atoms with E-state index >= 15 is 0 Å². The van der Waals surface area contributed by atoms with Crippen molar-refractivity contribution in [3.63, 3.8) is 0 Å². The molecule has 0 aliphatic heterocycles. The zero-order valence-corrected chi connectivity index (χ0v) is 17.0. The van der Waals surface area contributed by atoms with Crippen LogP contribution in [0.25, 0.3) is 11.1 Å². The molecule has 3 aromatic rings. The van der Waals surface area contributed by atoms with Gasteiger partial charge in [0.25, 0.3) is 0 Å². The average Bonchev–Trinajstić information content (AvgIpc) is 3.10. The number of alkyl carbamates (subject to hydrolysis) is 1. The highest BCUT2D eigenvalue weighted by atomic mass is 31.0. The van der Waals surface area contributed by atoms with E-state index in [1.807, 2.05) is 54.6 Å². The Morgan fingerprint density at radius 2 is 1.48 bits per heavy atom. The highest BCUT2D eigenvalue weighted by molar-refractivity contribution is 7.10. The summed E-state index contributed by atoms with van der Waals surface area (Å²) in [6.07, 6.45) is -0.510. The van der Waals surface area contributed by atoms with Gasteiger partial charge in [-0.2, -0.15) is 0 Å². The van der Waals surface area contributed by atoms with Crippen molar-refractivity contribution < 1.29 is 14.1 Å². The molecule has 1 N–H and O–H groups in total. The van der Waals surface area contributed by atoms with Gasteiger partial charge in [-0.25, -0.2) is 4.79 Å². The third kappa shape index (κ3) is 3.90. The molecule has 4 rings (SSSR count). The zero-order chi connectivity index (χ0) is 20.2. The molecule has 1 amide bonds. The third-order valence-electron chi connectivity index (χ3n) is 5.21. The van der Waals surface area contributed by atoms with E-state index in [4.69, 9.17) is 9.26 Å². The summed E-state index contributed by atoms with van der Waals surface area (Å²) in [4.78, 5) is 12.6. The van der Waals surface area contributed by atoms with Gasteiger partial charge >= 0.3 is 6.09 Å². The zero-order valence-electron chi connectivity index (χ0n) is 15.9. The Morgan fingerprint density at radius 3 is 2.07 bits per heavy atom. The maximum absolute atomic E-state index is 12.6. The monoisotopic (exact) mass is 403 g/mol. The smallest absolute Gasteiger partial charge is 0.408 e. The normalized spacial score (nSPS) is 13.1. The van der Waals surface area contributed by atoms with Crippen molar-refractivity contribution in [3.05, 3.63) is 108 Å². The van der Waals surface area contributed by atoms with Gasteiger partial charge in [0.15, 0.2) is 0 Å². The topological polar surface area (TPSA) is 47.6 Å². The molecule has 146 valence electrons. The second-order valence-electron chi connectivity index (χ2n) is 6.90. The Labute approximate surface area is 172 Å². The predicted molar refractivity (Wildman–Crippen MR) is 117 cm³/mol. The van der Waals surface area contributed by atoms with Crippen molar-refractivity contribution in [2.75, 3.05) is 6.61 Å². The largest absolute Gasteiger partial charge is 0.483 e. The molecule has 2 unspecified atom stereocenters. The van der Waals surface area contributed by atoms with Crippen LogP contribution in [0.15, 0.2) is 91.2 Å². The van der Waals surface area contributed by atoms with E-state index in [1.54, 1.807) is 0 Å². The van der Waals surface area contributed by atoms with Crippen molar-refractivity contribution in [1.82, 2.24) is 5.32 Å². The highest BCUT2D eigenvalue weighted by Gasteiger charge is 2.29. The lowest BCUT2D eigenvalue weighted by Crippen LogP contribution is -2.31. The first-order valence-electron chi connectivity index (χ1n) is 9.41. The number of carbonyl (C=O) groups is 1. The Balaban J connectivity index is 1.49. The summed E-state index contributed by atoms with van der Waals surface area (Å²) in [5, 5.41) is 2.86. The number of nitrogens with one attached hydrogen (secondary N) is 1. The van der Waals surface area contributed by atoms with Crippen LogP contribution < -0.4 is 5.32 Å². The quantitative estimate of drug-likeness (QED) is 0.431. The van der Waals surface area contributed by atoms with Gasteiger partial charge < -0.3 is 14.6 Å². The molecule has 1 aliphatic carbocycles. The minimum absolute atomic E-state index is 0.0181. The van der Waals surface area contributed by atoms with Gasteiger partial charge in [0.2, 0.25) is 0 Å². The maximum Gasteiger partial charge on any atom is 0.408 e. The number of ether oxygens (including phenoxy) is 1. The van der Waals surface area contributed by atoms with Crippen LogP contribution in [-0.4, -0.2) is 12.7 Å². The highest BCUT2D eigenvalue weighted by Crippen LogP contribution is 2.44. The van der Waals surface area contributed by atoms with Crippen molar-refractivity contribution >= 4 is 15.6 Å². The van der Waals surface area contributed by atoms with Crippen LogP contribution in [-0.2, 0) is 9.26 Å². The summed E-state index contributed by atoms with van der Waals surface area (Å²) in [7, 11) is 2.16. The summed E-state index contributed by atoms with van der Waals surface area (Å²) >= 11 is 0. The van der Waals surface area contributed by atoms with E-state index in [1.165, 1.54) is 22.3 Å². The average molecular weight is 403 g/mol. The molecule has 0 saturated carbocycles. The number of benzene rings is 3. The minimum Gasteiger partial charge on any atom is -0.483 e. The predicted octanol–water partition coefficient (Wildman–Crippen LogP) is 5.59. The van der Waals surface area contributed by atoms with Gasteiger partial charge in [-0.05, 0) is 27.8 Å². The number of fused-ring (bicyclic) bond motifs is 3. The SMILES string of the molecule is C=C(OP)C(NC(=O)OCC1c2ccccc2-c2ccccc21)c1ccccc1. The lowest BCUT2D eigenvalue weighted by molar-refractivity contribution is 0.138. The summed E-state index contributed by atoms with van der Waals surface area (Å²) < 4.78 is 10.8. The fourth-order valence-electron chi connectivity index (χ4n) is 3.82. The Kier molecular flexibility index (Phi) is 5.64. The van der Waals surface area contributed by atoms with Gasteiger partial charge in [0, 0.05) is 5.92 Å². The standard InChI is InChI=1S/C24H22NO3P/c1-16(28-29)23(17-9-3-2-4-10-17)25-24(26)27-15-22-20-13-7-5-11-18(20)19-12-6-8-14-21(19)22/h2-14,22-23H,1,15,29H2,(H,25,26). The van der Waals surface area contributed by atoms with Crippen LogP contribution in [0.1, 0.15) is 28.7 Å². The molecule has 29 heavy (non-hydrogen) atoms. The molecule has 0 bridgehead atoms. The van der Waals surface area contributed by atoms with Gasteiger partial charge in [0.05, 0.1) is 9.47 Å². The van der Waals surface area contributed by atoms with E-state index in [2.05, 4.69) is 45.6 Å². The van der Waals surface area contributed by atoms with E-state index < -0.39 is 12.1 Å². The maximum atomic E-state index is 12.6. The van der Waals surface area contributed by atoms with E-state index in [0.717, 1.165) is 5.56 Å². The van der Waals surface area contributed by atoms with Crippen LogP contribution in [0.4, 0.5) is 4.79 Å². The van der Waals surface area contributed by atoms with Gasteiger partial charge in [0.1, 0.15) is 18.4 Å². The fraction of sp³-hybridized carbons (Fsp3) is 0.125. The molecule has 0 fully saturated rings. The number of amides is 1. The van der Waals surface area contributed by atoms with Crippen molar-refractivity contribution in [2.24, 2.45) is 0 Å². The van der Waals surface area contributed by atoms with Crippen molar-refractivity contribution in [3.8, 4) is 11.1 Å². The van der Waals surface area contributed by atoms with E-state index in [0.29, 0.717) is 5.76 Å². The van der Waals surface area contributed by atoms with Gasteiger partial charge in [-0.15, -0.1) is 0 Å². The molecule has 1 aliphatic rings. The number of rotatable bonds is 6. The van der Waals surface area contributed by atoms with Crippen LogP contribution in [0.3, 0.4) is 0 Å². The molecule has 2 atom stereocenters. The summed E-state index contributed by atoms with van der Waals surface area (Å²) in [5.41, 5.74) is 5.62. The summed E-state index contributed by atoms with van der Waals surface area (Å²) in [5.74, 6) is 0.430. The molecular weight excluding hydrogens is 381 g/mol. The number of carbonyl (C=O) groups excluding carboxylic acids is 1. The Hall–Kier alpha value is -3.10. The molecular formula is C24H22NO3P. The summed E-state index contributed by atoms with van der Waals surface area (Å²) in [6, 6.07) is 25.5. The number of hydrogen-bond acceptors (Lipinski definition) is 3. The van der Waals surface area contributed by atoms with Crippen molar-refractivity contribution in [1.29, 1.82) is 0 Å². The first-order valence-corrected chi connectivity index (χ1v) is 9.88. The molecule has 0 heterocycles. The second-order valence-corrected chi connectivity index (χ2v) is 7.13. The molecule has 0 radical (unpaired) electrons. The minimum atomic E-state index is -0.510. The molecule has 0 aromatic heterocycles. The lowest BCUT2D eigenvalue weighted by Gasteiger charge is -2.21. The lowest BCUT2D eigenvalue weighted by atomic mass is 9.98. The van der Waals surface area contributed by atoms with Crippen LogP contribution in [0.2, 0.25) is 0 Å². The number of hydrogen-bond donors (Lipinski definition) is 1. The second kappa shape index (κ2) is 8.50. The van der Waals surface area contributed by atoms with Crippen LogP contribution in [0.5, 0.6) is 0 Å². The first kappa shape index (κ1) is 19.2. The van der Waals surface area contributed by atoms with Gasteiger partial charge in [-0.1, -0.05) is 85.4 Å². The Morgan fingerprint density at radius 1 is 0.931 bits per heavy atom. The fourth-order valence-corrected chi connectivity index (χ4v) is 3.96. The van der Waals surface area contributed by atoms with E-state index in [9.17, 15) is 4.79 Å². The van der Waals surface area contributed by atoms with Crippen LogP contribution >= 0.6 is 9.47 Å². The molecule has 0 spiro atoms.